The van der Waals surface area contributed by atoms with Gasteiger partial charge in [-0.05, 0) is 33.1 Å². The van der Waals surface area contributed by atoms with Crippen LogP contribution in [0, 0.1) is 0 Å². The lowest BCUT2D eigenvalue weighted by molar-refractivity contribution is -0.140. The van der Waals surface area contributed by atoms with Gasteiger partial charge in [0.15, 0.2) is 5.96 Å². The number of guanidine groups is 1. The summed E-state index contributed by atoms with van der Waals surface area (Å²) in [5.74, 6) is 0.702. The number of halogens is 1. The first-order valence-corrected chi connectivity index (χ1v) is 6.75. The van der Waals surface area contributed by atoms with Crippen LogP contribution in [0.4, 0.5) is 0 Å². The molecule has 0 aromatic heterocycles. The highest BCUT2D eigenvalue weighted by molar-refractivity contribution is 14.0. The normalized spacial score (nSPS) is 12.3. The Morgan fingerprint density at radius 3 is 2.53 bits per heavy atom. The largest absolute Gasteiger partial charge is 0.469 e. The standard InChI is InChI=1S/C13H27N3O2.HI/c1-5-11(3)16-13(14-6-2)15-10-8-7-9-12(17)18-4;/h11H,5-10H2,1-4H3,(H2,14,15,16);1H. The third kappa shape index (κ3) is 12.3. The molecule has 0 spiro atoms. The summed E-state index contributed by atoms with van der Waals surface area (Å²) in [4.78, 5) is 15.4. The molecule has 0 saturated carbocycles. The summed E-state index contributed by atoms with van der Waals surface area (Å²) in [5.41, 5.74) is 0. The number of hydrogen-bond acceptors (Lipinski definition) is 3. The van der Waals surface area contributed by atoms with Crippen molar-refractivity contribution in [2.24, 2.45) is 4.99 Å². The molecule has 0 rings (SSSR count). The Kier molecular flexibility index (Phi) is 15.2. The van der Waals surface area contributed by atoms with Gasteiger partial charge < -0.3 is 15.4 Å². The van der Waals surface area contributed by atoms with Gasteiger partial charge in [-0.25, -0.2) is 0 Å². The summed E-state index contributed by atoms with van der Waals surface area (Å²) in [5, 5.41) is 6.53. The van der Waals surface area contributed by atoms with Gasteiger partial charge in [-0.3, -0.25) is 9.79 Å². The quantitative estimate of drug-likeness (QED) is 0.221. The minimum Gasteiger partial charge on any atom is -0.469 e. The number of nitrogens with one attached hydrogen (secondary N) is 2. The van der Waals surface area contributed by atoms with Gasteiger partial charge in [-0.15, -0.1) is 24.0 Å². The molecule has 0 amide bonds. The van der Waals surface area contributed by atoms with Crippen LogP contribution >= 0.6 is 24.0 Å². The fraction of sp³-hybridized carbons (Fsp3) is 0.846. The minimum atomic E-state index is -0.149. The van der Waals surface area contributed by atoms with Gasteiger partial charge in [-0.2, -0.15) is 0 Å². The first-order valence-electron chi connectivity index (χ1n) is 6.75. The Hall–Kier alpha value is -0.530. The highest BCUT2D eigenvalue weighted by Gasteiger charge is 2.02. The van der Waals surface area contributed by atoms with Gasteiger partial charge in [0.25, 0.3) is 0 Å². The van der Waals surface area contributed by atoms with Crippen LogP contribution in [0.15, 0.2) is 4.99 Å². The second-order valence-electron chi connectivity index (χ2n) is 4.25. The van der Waals surface area contributed by atoms with Crippen LogP contribution in [-0.4, -0.2) is 38.2 Å². The second-order valence-corrected chi connectivity index (χ2v) is 4.25. The first kappa shape index (κ1) is 20.8. The van der Waals surface area contributed by atoms with Gasteiger partial charge in [-0.1, -0.05) is 6.92 Å². The smallest absolute Gasteiger partial charge is 0.305 e. The van der Waals surface area contributed by atoms with Crippen molar-refractivity contribution in [3.63, 3.8) is 0 Å². The van der Waals surface area contributed by atoms with Gasteiger partial charge >= 0.3 is 5.97 Å². The summed E-state index contributed by atoms with van der Waals surface area (Å²) >= 11 is 0. The van der Waals surface area contributed by atoms with E-state index in [9.17, 15) is 4.79 Å². The number of aliphatic imine (C=N–C) groups is 1. The highest BCUT2D eigenvalue weighted by atomic mass is 127. The molecule has 0 bridgehead atoms. The zero-order valence-electron chi connectivity index (χ0n) is 12.5. The molecule has 0 aliphatic heterocycles. The van der Waals surface area contributed by atoms with E-state index >= 15 is 0 Å². The van der Waals surface area contributed by atoms with Gasteiger partial charge in [0.05, 0.1) is 7.11 Å². The van der Waals surface area contributed by atoms with Crippen LogP contribution in [0.2, 0.25) is 0 Å². The average molecular weight is 385 g/mol. The Balaban J connectivity index is 0. The van der Waals surface area contributed by atoms with Crippen LogP contribution in [0.25, 0.3) is 0 Å². The molecular weight excluding hydrogens is 357 g/mol. The molecule has 0 radical (unpaired) electrons. The Labute approximate surface area is 134 Å². The van der Waals surface area contributed by atoms with E-state index in [-0.39, 0.29) is 29.9 Å². The van der Waals surface area contributed by atoms with E-state index in [2.05, 4.69) is 34.2 Å². The van der Waals surface area contributed by atoms with Crippen LogP contribution in [0.5, 0.6) is 0 Å². The number of unbranched alkanes of at least 4 members (excludes halogenated alkanes) is 1. The van der Waals surface area contributed by atoms with E-state index in [1.807, 2.05) is 6.92 Å². The fourth-order valence-electron chi connectivity index (χ4n) is 1.33. The highest BCUT2D eigenvalue weighted by Crippen LogP contribution is 1.97. The molecule has 1 atom stereocenters. The van der Waals surface area contributed by atoms with E-state index in [4.69, 9.17) is 0 Å². The molecule has 1 unspecified atom stereocenters. The second kappa shape index (κ2) is 13.9. The summed E-state index contributed by atoms with van der Waals surface area (Å²) in [7, 11) is 1.42. The number of hydrogen-bond donors (Lipinski definition) is 2. The topological polar surface area (TPSA) is 62.7 Å². The summed E-state index contributed by atoms with van der Waals surface area (Å²) in [6, 6.07) is 0.415. The molecule has 0 aromatic rings. The molecule has 6 heteroatoms. The molecule has 0 saturated heterocycles. The summed E-state index contributed by atoms with van der Waals surface area (Å²) in [6.07, 6.45) is 3.25. The maximum absolute atomic E-state index is 10.9. The number of esters is 1. The van der Waals surface area contributed by atoms with Crippen molar-refractivity contribution in [3.05, 3.63) is 0 Å². The zero-order valence-corrected chi connectivity index (χ0v) is 14.8. The number of rotatable bonds is 8. The third-order valence-corrected chi connectivity index (χ3v) is 2.63. The number of carbonyl (C=O) groups is 1. The van der Waals surface area contributed by atoms with Crippen LogP contribution in [0.1, 0.15) is 46.5 Å². The molecule has 2 N–H and O–H groups in total. The predicted molar refractivity (Wildman–Crippen MR) is 90.1 cm³/mol. The molecule has 19 heavy (non-hydrogen) atoms. The minimum absolute atomic E-state index is 0. The van der Waals surface area contributed by atoms with Gasteiger partial charge in [0, 0.05) is 25.6 Å². The van der Waals surface area contributed by atoms with Crippen molar-refractivity contribution in [3.8, 4) is 0 Å². The zero-order chi connectivity index (χ0) is 13.8. The molecule has 5 nitrogen and oxygen atoms in total. The van der Waals surface area contributed by atoms with Crippen molar-refractivity contribution in [2.75, 3.05) is 20.2 Å². The van der Waals surface area contributed by atoms with Crippen molar-refractivity contribution in [2.45, 2.75) is 52.5 Å². The van der Waals surface area contributed by atoms with Crippen molar-refractivity contribution >= 4 is 35.9 Å². The van der Waals surface area contributed by atoms with E-state index in [0.717, 1.165) is 38.3 Å². The molecule has 0 aliphatic rings. The summed E-state index contributed by atoms with van der Waals surface area (Å²) < 4.78 is 4.58. The average Bonchev–Trinajstić information content (AvgIpc) is 2.37. The van der Waals surface area contributed by atoms with Crippen molar-refractivity contribution in [1.82, 2.24) is 10.6 Å². The van der Waals surface area contributed by atoms with Crippen molar-refractivity contribution < 1.29 is 9.53 Å². The first-order chi connectivity index (χ1) is 8.63. The lowest BCUT2D eigenvalue weighted by atomic mass is 10.2. The Bertz CT molecular complexity index is 260. The molecule has 0 aromatic carbocycles. The van der Waals surface area contributed by atoms with Gasteiger partial charge in [0.1, 0.15) is 0 Å². The number of nitrogens with zero attached hydrogens (tertiary/aromatic N) is 1. The van der Waals surface area contributed by atoms with Crippen molar-refractivity contribution in [1.29, 1.82) is 0 Å². The maximum Gasteiger partial charge on any atom is 0.305 e. The molecule has 0 aliphatic carbocycles. The molecular formula is C13H28IN3O2. The number of carbonyl (C=O) groups excluding carboxylic acids is 1. The third-order valence-electron chi connectivity index (χ3n) is 2.63. The Morgan fingerprint density at radius 1 is 1.32 bits per heavy atom. The Morgan fingerprint density at radius 2 is 2.00 bits per heavy atom. The number of ether oxygens (including phenoxy) is 1. The predicted octanol–water partition coefficient (Wildman–Crippen LogP) is 2.30. The monoisotopic (exact) mass is 385 g/mol. The van der Waals surface area contributed by atoms with Crippen LogP contribution in [-0.2, 0) is 9.53 Å². The van der Waals surface area contributed by atoms with Gasteiger partial charge in [0.2, 0.25) is 0 Å². The van der Waals surface area contributed by atoms with E-state index in [1.54, 1.807) is 0 Å². The number of methoxy groups -OCH3 is 1. The van der Waals surface area contributed by atoms with E-state index < -0.39 is 0 Å². The molecule has 114 valence electrons. The summed E-state index contributed by atoms with van der Waals surface area (Å²) in [6.45, 7) is 7.89. The van der Waals surface area contributed by atoms with Crippen LogP contribution < -0.4 is 10.6 Å². The molecule has 0 fully saturated rings. The van der Waals surface area contributed by atoms with E-state index in [0.29, 0.717) is 12.5 Å². The van der Waals surface area contributed by atoms with E-state index in [1.165, 1.54) is 7.11 Å². The van der Waals surface area contributed by atoms with Crippen LogP contribution in [0.3, 0.4) is 0 Å². The fourth-order valence-corrected chi connectivity index (χ4v) is 1.33. The maximum atomic E-state index is 10.9. The SMILES string of the molecule is CCNC(=NCCCCC(=O)OC)NC(C)CC.I. The molecule has 0 heterocycles. The lowest BCUT2D eigenvalue weighted by Gasteiger charge is -2.16. The lowest BCUT2D eigenvalue weighted by Crippen LogP contribution is -2.42.